The van der Waals surface area contributed by atoms with Crippen LogP contribution in [-0.4, -0.2) is 37.0 Å². The molecule has 2 aromatic rings. The summed E-state index contributed by atoms with van der Waals surface area (Å²) in [7, 11) is 1.71. The molecule has 0 radical (unpaired) electrons. The van der Waals surface area contributed by atoms with Crippen molar-refractivity contribution in [3.63, 3.8) is 0 Å². The van der Waals surface area contributed by atoms with Gasteiger partial charge >= 0.3 is 0 Å². The molecule has 2 aliphatic carbocycles. The summed E-state index contributed by atoms with van der Waals surface area (Å²) in [5.41, 5.74) is 4.53. The van der Waals surface area contributed by atoms with Gasteiger partial charge in [-0.3, -0.25) is 9.69 Å². The van der Waals surface area contributed by atoms with Gasteiger partial charge in [0.05, 0.1) is 7.11 Å². The maximum atomic E-state index is 12.7. The molecule has 1 atom stereocenters. The Labute approximate surface area is 186 Å². The van der Waals surface area contributed by atoms with Crippen molar-refractivity contribution >= 4 is 5.91 Å². The summed E-state index contributed by atoms with van der Waals surface area (Å²) in [6.45, 7) is 3.22. The molecule has 1 saturated carbocycles. The average Bonchev–Trinajstić information content (AvgIpc) is 3.06. The molecule has 0 bridgehead atoms. The third-order valence-corrected chi connectivity index (χ3v) is 7.89. The van der Waals surface area contributed by atoms with Gasteiger partial charge in [-0.05, 0) is 91.8 Å². The Balaban J connectivity index is 1.24. The first-order chi connectivity index (χ1) is 15.1. The first-order valence-electron chi connectivity index (χ1n) is 11.9. The molecule has 0 unspecified atom stereocenters. The van der Waals surface area contributed by atoms with Crippen molar-refractivity contribution in [1.82, 2.24) is 10.2 Å². The summed E-state index contributed by atoms with van der Waals surface area (Å²) in [6.07, 6.45) is 7.70. The number of amides is 1. The van der Waals surface area contributed by atoms with E-state index in [0.717, 1.165) is 44.6 Å². The van der Waals surface area contributed by atoms with Crippen molar-refractivity contribution in [1.29, 1.82) is 0 Å². The van der Waals surface area contributed by atoms with Crippen molar-refractivity contribution in [2.75, 3.05) is 20.2 Å². The minimum absolute atomic E-state index is 0.244. The van der Waals surface area contributed by atoms with Crippen LogP contribution in [0.5, 0.6) is 5.75 Å². The molecule has 0 aromatic heterocycles. The fraction of sp³-hybridized carbons (Fsp3) is 0.519. The van der Waals surface area contributed by atoms with Crippen LogP contribution < -0.4 is 10.1 Å². The number of hydrogen-bond acceptors (Lipinski definition) is 3. The van der Waals surface area contributed by atoms with Crippen molar-refractivity contribution < 1.29 is 9.53 Å². The number of likely N-dealkylation sites (tertiary alicyclic amines) is 1. The maximum absolute atomic E-state index is 12.7. The summed E-state index contributed by atoms with van der Waals surface area (Å²) in [5.74, 6) is 1.53. The van der Waals surface area contributed by atoms with Gasteiger partial charge in [-0.2, -0.15) is 0 Å². The van der Waals surface area contributed by atoms with Crippen LogP contribution in [0.3, 0.4) is 0 Å². The maximum Gasteiger partial charge on any atom is 0.220 e. The second-order valence-corrected chi connectivity index (χ2v) is 9.79. The predicted molar refractivity (Wildman–Crippen MR) is 123 cm³/mol. The number of nitrogens with zero attached hydrogens (tertiary/aromatic N) is 1. The fourth-order valence-corrected chi connectivity index (χ4v) is 5.87. The van der Waals surface area contributed by atoms with Gasteiger partial charge in [-0.1, -0.05) is 36.4 Å². The number of fused-ring (bicyclic) bond motifs is 2. The lowest BCUT2D eigenvalue weighted by Gasteiger charge is -2.40. The average molecular weight is 419 g/mol. The standard InChI is InChI=1S/C27H34N2O2/c1-31-23-11-9-20(10-12-23)19-29-15-13-27(14-16-29)18-21(24-7-2-3-8-25(24)27)17-26(30)28-22-5-4-6-22/h2-3,7-12,21-22H,4-6,13-19H2,1H3,(H,28,30)/t21-/m1/s1. The number of benzene rings is 2. The molecule has 1 saturated heterocycles. The highest BCUT2D eigenvalue weighted by Gasteiger charge is 2.45. The Morgan fingerprint density at radius 1 is 1.10 bits per heavy atom. The number of piperidine rings is 1. The molecule has 1 spiro atoms. The molecule has 31 heavy (non-hydrogen) atoms. The Morgan fingerprint density at radius 2 is 1.84 bits per heavy atom. The van der Waals surface area contributed by atoms with Crippen LogP contribution in [0.4, 0.5) is 0 Å². The second-order valence-electron chi connectivity index (χ2n) is 9.79. The third-order valence-electron chi connectivity index (χ3n) is 7.89. The topological polar surface area (TPSA) is 41.6 Å². The van der Waals surface area contributed by atoms with Gasteiger partial charge in [0, 0.05) is 19.0 Å². The third kappa shape index (κ3) is 4.23. The molecule has 1 aliphatic heterocycles. The monoisotopic (exact) mass is 418 g/mol. The minimum atomic E-state index is 0.244. The van der Waals surface area contributed by atoms with Gasteiger partial charge < -0.3 is 10.1 Å². The van der Waals surface area contributed by atoms with E-state index in [9.17, 15) is 4.79 Å². The van der Waals surface area contributed by atoms with Gasteiger partial charge in [0.1, 0.15) is 5.75 Å². The number of nitrogens with one attached hydrogen (secondary N) is 1. The van der Waals surface area contributed by atoms with Crippen LogP contribution in [0, 0.1) is 0 Å². The summed E-state index contributed by atoms with van der Waals surface area (Å²) in [5, 5.41) is 3.25. The molecular formula is C27H34N2O2. The molecule has 1 heterocycles. The summed E-state index contributed by atoms with van der Waals surface area (Å²) in [6, 6.07) is 17.8. The van der Waals surface area contributed by atoms with Crippen molar-refractivity contribution in [2.24, 2.45) is 0 Å². The van der Waals surface area contributed by atoms with Crippen LogP contribution in [0.2, 0.25) is 0 Å². The highest BCUT2D eigenvalue weighted by molar-refractivity contribution is 5.77. The molecule has 4 heteroatoms. The van der Waals surface area contributed by atoms with Crippen LogP contribution in [0.25, 0.3) is 0 Å². The van der Waals surface area contributed by atoms with E-state index in [0.29, 0.717) is 18.4 Å². The number of carbonyl (C=O) groups is 1. The summed E-state index contributed by atoms with van der Waals surface area (Å²) >= 11 is 0. The van der Waals surface area contributed by atoms with E-state index in [1.165, 1.54) is 36.0 Å². The zero-order valence-corrected chi connectivity index (χ0v) is 18.6. The Bertz CT molecular complexity index is 911. The lowest BCUT2D eigenvalue weighted by atomic mass is 9.73. The zero-order chi connectivity index (χ0) is 21.3. The SMILES string of the molecule is COc1ccc(CN2CCC3(CC2)C[C@@H](CC(=O)NC2CCC2)c2ccccc23)cc1. The number of methoxy groups -OCH3 is 1. The molecular weight excluding hydrogens is 384 g/mol. The number of ether oxygens (including phenoxy) is 1. The minimum Gasteiger partial charge on any atom is -0.497 e. The van der Waals surface area contributed by atoms with Crippen molar-refractivity contribution in [2.45, 2.75) is 68.9 Å². The van der Waals surface area contributed by atoms with Crippen LogP contribution in [-0.2, 0) is 16.8 Å². The highest BCUT2D eigenvalue weighted by atomic mass is 16.5. The molecule has 3 aliphatic rings. The number of rotatable bonds is 6. The number of hydrogen-bond donors (Lipinski definition) is 1. The van der Waals surface area contributed by atoms with E-state index in [2.05, 4.69) is 46.6 Å². The zero-order valence-electron chi connectivity index (χ0n) is 18.6. The van der Waals surface area contributed by atoms with Crippen LogP contribution in [0.15, 0.2) is 48.5 Å². The van der Waals surface area contributed by atoms with Gasteiger partial charge in [0.15, 0.2) is 0 Å². The van der Waals surface area contributed by atoms with E-state index in [-0.39, 0.29) is 11.3 Å². The van der Waals surface area contributed by atoms with E-state index >= 15 is 0 Å². The largest absolute Gasteiger partial charge is 0.497 e. The van der Waals surface area contributed by atoms with E-state index in [4.69, 9.17) is 4.74 Å². The van der Waals surface area contributed by atoms with Gasteiger partial charge in [0.25, 0.3) is 0 Å². The van der Waals surface area contributed by atoms with Gasteiger partial charge in [0.2, 0.25) is 5.91 Å². The first kappa shape index (κ1) is 20.6. The highest BCUT2D eigenvalue weighted by Crippen LogP contribution is 2.52. The van der Waals surface area contributed by atoms with E-state index in [1.807, 2.05) is 12.1 Å². The lowest BCUT2D eigenvalue weighted by Crippen LogP contribution is -2.41. The predicted octanol–water partition coefficient (Wildman–Crippen LogP) is 4.78. The lowest BCUT2D eigenvalue weighted by molar-refractivity contribution is -0.122. The molecule has 1 N–H and O–H groups in total. The molecule has 5 rings (SSSR count). The van der Waals surface area contributed by atoms with E-state index in [1.54, 1.807) is 7.11 Å². The van der Waals surface area contributed by atoms with Crippen LogP contribution >= 0.6 is 0 Å². The normalized spacial score (nSPS) is 22.7. The smallest absolute Gasteiger partial charge is 0.220 e. The Morgan fingerprint density at radius 3 is 2.52 bits per heavy atom. The molecule has 2 aromatic carbocycles. The Hall–Kier alpha value is -2.33. The molecule has 164 valence electrons. The number of carbonyl (C=O) groups excluding carboxylic acids is 1. The Kier molecular flexibility index (Phi) is 5.75. The van der Waals surface area contributed by atoms with Crippen molar-refractivity contribution in [3.8, 4) is 5.75 Å². The summed E-state index contributed by atoms with van der Waals surface area (Å²) in [4.78, 5) is 15.2. The van der Waals surface area contributed by atoms with Crippen molar-refractivity contribution in [3.05, 3.63) is 65.2 Å². The fourth-order valence-electron chi connectivity index (χ4n) is 5.87. The summed E-state index contributed by atoms with van der Waals surface area (Å²) < 4.78 is 5.28. The molecule has 1 amide bonds. The molecule has 4 nitrogen and oxygen atoms in total. The van der Waals surface area contributed by atoms with Gasteiger partial charge in [-0.15, -0.1) is 0 Å². The van der Waals surface area contributed by atoms with E-state index < -0.39 is 0 Å². The first-order valence-corrected chi connectivity index (χ1v) is 11.9. The van der Waals surface area contributed by atoms with Crippen LogP contribution in [0.1, 0.15) is 67.6 Å². The quantitative estimate of drug-likeness (QED) is 0.734. The molecule has 2 fully saturated rings. The second kappa shape index (κ2) is 8.66. The van der Waals surface area contributed by atoms with Gasteiger partial charge in [-0.25, -0.2) is 0 Å².